The number of pyridine rings is 1. The summed E-state index contributed by atoms with van der Waals surface area (Å²) in [7, 11) is 3.06. The summed E-state index contributed by atoms with van der Waals surface area (Å²) in [5.74, 6) is 1.12. The highest BCUT2D eigenvalue weighted by molar-refractivity contribution is 7.99. The summed E-state index contributed by atoms with van der Waals surface area (Å²) in [5, 5.41) is 20.0. The van der Waals surface area contributed by atoms with E-state index in [-0.39, 0.29) is 16.9 Å². The number of nitriles is 2. The number of nitrogen functional groups attached to an aromatic ring is 1. The van der Waals surface area contributed by atoms with E-state index < -0.39 is 0 Å². The predicted molar refractivity (Wildman–Crippen MR) is 107 cm³/mol. The Kier molecular flexibility index (Phi) is 5.69. The van der Waals surface area contributed by atoms with Gasteiger partial charge >= 0.3 is 0 Å². The Balaban J connectivity index is 2.32. The van der Waals surface area contributed by atoms with Crippen molar-refractivity contribution in [3.63, 3.8) is 0 Å². The molecule has 1 aromatic heterocycles. The summed E-state index contributed by atoms with van der Waals surface area (Å²) in [4.78, 5) is 5.22. The number of nitrogens with zero attached hydrogens (tertiary/aromatic N) is 3. The second kappa shape index (κ2) is 8.34. The van der Waals surface area contributed by atoms with Gasteiger partial charge in [-0.15, -0.1) is 0 Å². The Morgan fingerprint density at radius 2 is 1.68 bits per heavy atom. The van der Waals surface area contributed by atoms with Crippen molar-refractivity contribution in [2.45, 2.75) is 9.92 Å². The predicted octanol–water partition coefficient (Wildman–Crippen LogP) is 4.24. The number of hydrogen-bond acceptors (Lipinski definition) is 7. The van der Waals surface area contributed by atoms with Gasteiger partial charge in [0.05, 0.1) is 19.8 Å². The molecule has 0 atom stereocenters. The second-order valence-corrected chi connectivity index (χ2v) is 6.69. The molecule has 0 radical (unpaired) electrons. The standard InChI is InChI=1S/C21H16N4O2S/c1-26-13-8-9-18(27-2)15(10-13)19-16(11-22)20(24)25-21(17(19)12-23)28-14-6-4-3-5-7-14/h3-10H,1-2H3,(H2,24,25). The van der Waals surface area contributed by atoms with Gasteiger partial charge in [-0.05, 0) is 30.3 Å². The lowest BCUT2D eigenvalue weighted by Crippen LogP contribution is -2.04. The van der Waals surface area contributed by atoms with Gasteiger partial charge < -0.3 is 15.2 Å². The lowest BCUT2D eigenvalue weighted by atomic mass is 9.96. The van der Waals surface area contributed by atoms with Crippen LogP contribution in [0.25, 0.3) is 11.1 Å². The number of anilines is 1. The minimum atomic E-state index is 0.0554. The van der Waals surface area contributed by atoms with E-state index in [0.717, 1.165) is 4.90 Å². The molecule has 6 nitrogen and oxygen atoms in total. The van der Waals surface area contributed by atoms with Gasteiger partial charge in [0.15, 0.2) is 0 Å². The minimum Gasteiger partial charge on any atom is -0.497 e. The molecule has 2 aromatic carbocycles. The zero-order chi connectivity index (χ0) is 20.1. The zero-order valence-electron chi connectivity index (χ0n) is 15.3. The van der Waals surface area contributed by atoms with E-state index in [1.54, 1.807) is 25.3 Å². The molecule has 0 aliphatic rings. The molecule has 3 aromatic rings. The minimum absolute atomic E-state index is 0.0554. The van der Waals surface area contributed by atoms with Crippen LogP contribution in [0.15, 0.2) is 58.5 Å². The highest BCUT2D eigenvalue weighted by Crippen LogP contribution is 2.42. The third-order valence-corrected chi connectivity index (χ3v) is 5.05. The lowest BCUT2D eigenvalue weighted by molar-refractivity contribution is 0.404. The van der Waals surface area contributed by atoms with Crippen LogP contribution in [0.1, 0.15) is 11.1 Å². The molecule has 2 N–H and O–H groups in total. The summed E-state index contributed by atoms with van der Waals surface area (Å²) in [6, 6.07) is 19.0. The number of hydrogen-bond donors (Lipinski definition) is 1. The van der Waals surface area contributed by atoms with Gasteiger partial charge in [-0.2, -0.15) is 10.5 Å². The van der Waals surface area contributed by atoms with E-state index >= 15 is 0 Å². The van der Waals surface area contributed by atoms with Gasteiger partial charge in [0.25, 0.3) is 0 Å². The quantitative estimate of drug-likeness (QED) is 0.697. The number of rotatable bonds is 5. The molecular formula is C21H16N4O2S. The molecule has 7 heteroatoms. The van der Waals surface area contributed by atoms with Crippen molar-refractivity contribution >= 4 is 17.6 Å². The Morgan fingerprint density at radius 1 is 0.964 bits per heavy atom. The van der Waals surface area contributed by atoms with Crippen molar-refractivity contribution in [1.29, 1.82) is 10.5 Å². The van der Waals surface area contributed by atoms with Gasteiger partial charge in [-0.3, -0.25) is 0 Å². The molecule has 0 unspecified atom stereocenters. The van der Waals surface area contributed by atoms with Gasteiger partial charge in [0, 0.05) is 16.0 Å². The largest absolute Gasteiger partial charge is 0.497 e. The van der Waals surface area contributed by atoms with E-state index in [9.17, 15) is 10.5 Å². The molecule has 0 aliphatic heterocycles. The number of benzene rings is 2. The van der Waals surface area contributed by atoms with Crippen LogP contribution in [0.3, 0.4) is 0 Å². The smallest absolute Gasteiger partial charge is 0.143 e. The Labute approximate surface area is 167 Å². The highest BCUT2D eigenvalue weighted by atomic mass is 32.2. The summed E-state index contributed by atoms with van der Waals surface area (Å²) in [6.45, 7) is 0. The molecule has 28 heavy (non-hydrogen) atoms. The highest BCUT2D eigenvalue weighted by Gasteiger charge is 2.23. The van der Waals surface area contributed by atoms with Crippen molar-refractivity contribution in [2.24, 2.45) is 0 Å². The normalized spacial score (nSPS) is 10.0. The average molecular weight is 388 g/mol. The topological polar surface area (TPSA) is 105 Å². The first-order chi connectivity index (χ1) is 13.6. The van der Waals surface area contributed by atoms with E-state index in [4.69, 9.17) is 15.2 Å². The first-order valence-electron chi connectivity index (χ1n) is 8.21. The summed E-state index contributed by atoms with van der Waals surface area (Å²) in [6.07, 6.45) is 0. The number of nitrogens with two attached hydrogens (primary N) is 1. The van der Waals surface area contributed by atoms with Crippen LogP contribution < -0.4 is 15.2 Å². The first-order valence-corrected chi connectivity index (χ1v) is 9.03. The number of ether oxygens (including phenoxy) is 2. The maximum absolute atomic E-state index is 9.91. The molecule has 3 rings (SSSR count). The summed E-state index contributed by atoms with van der Waals surface area (Å²) in [5.41, 5.74) is 7.38. The van der Waals surface area contributed by atoms with Gasteiger partial charge in [0.1, 0.15) is 40.0 Å². The molecule has 0 fully saturated rings. The molecule has 0 saturated heterocycles. The third kappa shape index (κ3) is 3.57. The summed E-state index contributed by atoms with van der Waals surface area (Å²) < 4.78 is 10.8. The van der Waals surface area contributed by atoms with Crippen molar-refractivity contribution < 1.29 is 9.47 Å². The van der Waals surface area contributed by atoms with Gasteiger partial charge in [-0.25, -0.2) is 4.98 Å². The first kappa shape index (κ1) is 19.1. The monoisotopic (exact) mass is 388 g/mol. The van der Waals surface area contributed by atoms with Crippen LogP contribution in [0, 0.1) is 22.7 Å². The SMILES string of the molecule is COc1ccc(OC)c(-c2c(C#N)c(N)nc(Sc3ccccc3)c2C#N)c1. The van der Waals surface area contributed by atoms with E-state index in [0.29, 0.717) is 27.7 Å². The third-order valence-electron chi connectivity index (χ3n) is 4.05. The molecule has 0 saturated carbocycles. The molecule has 1 heterocycles. The Morgan fingerprint density at radius 3 is 2.29 bits per heavy atom. The van der Waals surface area contributed by atoms with Crippen molar-refractivity contribution in [2.75, 3.05) is 20.0 Å². The van der Waals surface area contributed by atoms with Crippen molar-refractivity contribution in [3.8, 4) is 34.8 Å². The van der Waals surface area contributed by atoms with Crippen molar-refractivity contribution in [1.82, 2.24) is 4.98 Å². The number of methoxy groups -OCH3 is 2. The molecule has 0 bridgehead atoms. The van der Waals surface area contributed by atoms with E-state index in [1.165, 1.54) is 18.9 Å². The fraction of sp³-hybridized carbons (Fsp3) is 0.0952. The molecule has 0 spiro atoms. The van der Waals surface area contributed by atoms with E-state index in [1.807, 2.05) is 30.3 Å². The molecule has 138 valence electrons. The van der Waals surface area contributed by atoms with Gasteiger partial charge in [0.2, 0.25) is 0 Å². The summed E-state index contributed by atoms with van der Waals surface area (Å²) >= 11 is 1.31. The maximum Gasteiger partial charge on any atom is 0.143 e. The maximum atomic E-state index is 9.91. The van der Waals surface area contributed by atoms with Gasteiger partial charge in [-0.1, -0.05) is 30.0 Å². The van der Waals surface area contributed by atoms with Crippen LogP contribution >= 0.6 is 11.8 Å². The van der Waals surface area contributed by atoms with E-state index in [2.05, 4.69) is 17.1 Å². The Hall–Kier alpha value is -3.68. The van der Waals surface area contributed by atoms with Crippen LogP contribution in [0.4, 0.5) is 5.82 Å². The zero-order valence-corrected chi connectivity index (χ0v) is 16.1. The van der Waals surface area contributed by atoms with Crippen LogP contribution in [-0.2, 0) is 0 Å². The van der Waals surface area contributed by atoms with Crippen LogP contribution in [0.2, 0.25) is 0 Å². The lowest BCUT2D eigenvalue weighted by Gasteiger charge is -2.16. The van der Waals surface area contributed by atoms with Crippen LogP contribution in [-0.4, -0.2) is 19.2 Å². The fourth-order valence-electron chi connectivity index (χ4n) is 2.75. The molecular weight excluding hydrogens is 372 g/mol. The fourth-order valence-corrected chi connectivity index (χ4v) is 3.66. The second-order valence-electron chi connectivity index (χ2n) is 5.63. The molecule has 0 aliphatic carbocycles. The molecule has 0 amide bonds. The number of aromatic nitrogens is 1. The Bertz CT molecular complexity index is 1100. The van der Waals surface area contributed by atoms with Crippen molar-refractivity contribution in [3.05, 3.63) is 59.7 Å². The van der Waals surface area contributed by atoms with Crippen LogP contribution in [0.5, 0.6) is 11.5 Å². The average Bonchev–Trinajstić information content (AvgIpc) is 2.73.